The summed E-state index contributed by atoms with van der Waals surface area (Å²) < 4.78 is 12.6. The van der Waals surface area contributed by atoms with Crippen molar-refractivity contribution in [1.82, 2.24) is 4.57 Å². The van der Waals surface area contributed by atoms with Crippen molar-refractivity contribution in [1.29, 1.82) is 0 Å². The van der Waals surface area contributed by atoms with Crippen LogP contribution in [0.15, 0.2) is 6.20 Å². The number of fused-ring (bicyclic) bond motifs is 1. The molecule has 1 aromatic heterocycles. The maximum absolute atomic E-state index is 12.3. The van der Waals surface area contributed by atoms with Crippen LogP contribution in [0.4, 0.5) is 0 Å². The lowest BCUT2D eigenvalue weighted by Gasteiger charge is -2.15. The molecule has 2 heterocycles. The number of carbonyl (C=O) groups excluding carboxylic acids is 2. The van der Waals surface area contributed by atoms with E-state index in [2.05, 4.69) is 0 Å². The first-order chi connectivity index (χ1) is 9.81. The minimum absolute atomic E-state index is 0.159. The monoisotopic (exact) mass is 293 g/mol. The van der Waals surface area contributed by atoms with Gasteiger partial charge in [0.15, 0.2) is 0 Å². The van der Waals surface area contributed by atoms with E-state index in [1.807, 2.05) is 45.4 Å². The van der Waals surface area contributed by atoms with Crippen LogP contribution in [0, 0.1) is 6.92 Å². The van der Waals surface area contributed by atoms with Crippen LogP contribution in [0.25, 0.3) is 0 Å². The van der Waals surface area contributed by atoms with E-state index in [1.165, 1.54) is 0 Å². The molecule has 0 amide bonds. The number of hydrogen-bond donors (Lipinski definition) is 0. The van der Waals surface area contributed by atoms with Crippen molar-refractivity contribution in [3.63, 3.8) is 0 Å². The molecule has 0 bridgehead atoms. The highest BCUT2D eigenvalue weighted by Gasteiger charge is 2.36. The van der Waals surface area contributed by atoms with Crippen molar-refractivity contribution >= 4 is 11.9 Å². The average Bonchev–Trinajstić information content (AvgIpc) is 2.83. The van der Waals surface area contributed by atoms with E-state index in [-0.39, 0.29) is 30.1 Å². The molecule has 116 valence electrons. The summed E-state index contributed by atoms with van der Waals surface area (Å²) in [7, 11) is 0. The fourth-order valence-electron chi connectivity index (χ4n) is 2.76. The van der Waals surface area contributed by atoms with Crippen LogP contribution in [-0.4, -0.2) is 28.7 Å². The van der Waals surface area contributed by atoms with E-state index >= 15 is 0 Å². The zero-order valence-electron chi connectivity index (χ0n) is 13.3. The zero-order valence-corrected chi connectivity index (χ0v) is 13.3. The van der Waals surface area contributed by atoms with Crippen molar-refractivity contribution in [3.05, 3.63) is 23.0 Å². The Hall–Kier alpha value is -1.78. The Labute approximate surface area is 125 Å². The third kappa shape index (κ3) is 3.12. The molecule has 1 unspecified atom stereocenters. The number of ether oxygens (including phenoxy) is 2. The lowest BCUT2D eigenvalue weighted by atomic mass is 9.99. The lowest BCUT2D eigenvalue weighted by Crippen LogP contribution is -2.21. The van der Waals surface area contributed by atoms with E-state index in [9.17, 15) is 9.59 Å². The van der Waals surface area contributed by atoms with Gasteiger partial charge >= 0.3 is 11.9 Å². The SMILES string of the molecule is Cc1cn2c(c1C(=O)OC(C)C)C(C(=O)OC(C)C)CC2. The van der Waals surface area contributed by atoms with Gasteiger partial charge in [-0.1, -0.05) is 0 Å². The molecule has 1 atom stereocenters. The topological polar surface area (TPSA) is 57.5 Å². The number of rotatable bonds is 4. The summed E-state index contributed by atoms with van der Waals surface area (Å²) in [6.45, 7) is 9.87. The quantitative estimate of drug-likeness (QED) is 0.801. The molecule has 0 radical (unpaired) electrons. The van der Waals surface area contributed by atoms with Gasteiger partial charge in [-0.05, 0) is 46.6 Å². The molecule has 0 saturated heterocycles. The Bertz CT molecular complexity index is 557. The molecule has 1 aliphatic heterocycles. The summed E-state index contributed by atoms with van der Waals surface area (Å²) in [6, 6.07) is 0. The first-order valence-corrected chi connectivity index (χ1v) is 7.42. The van der Waals surface area contributed by atoms with Gasteiger partial charge in [-0.25, -0.2) is 4.79 Å². The van der Waals surface area contributed by atoms with Crippen molar-refractivity contribution < 1.29 is 19.1 Å². The molecule has 0 aliphatic carbocycles. The highest BCUT2D eigenvalue weighted by atomic mass is 16.5. The van der Waals surface area contributed by atoms with Crippen molar-refractivity contribution in [2.24, 2.45) is 0 Å². The molecule has 0 N–H and O–H groups in total. The number of nitrogens with zero attached hydrogens (tertiary/aromatic N) is 1. The van der Waals surface area contributed by atoms with Crippen LogP contribution in [0.5, 0.6) is 0 Å². The Morgan fingerprint density at radius 2 is 1.81 bits per heavy atom. The fourth-order valence-corrected chi connectivity index (χ4v) is 2.76. The van der Waals surface area contributed by atoms with Gasteiger partial charge in [-0.15, -0.1) is 0 Å². The normalized spacial score (nSPS) is 17.2. The molecule has 1 aromatic rings. The third-order valence-electron chi connectivity index (χ3n) is 3.48. The van der Waals surface area contributed by atoms with Gasteiger partial charge in [-0.2, -0.15) is 0 Å². The molecular formula is C16H23NO4. The summed E-state index contributed by atoms with van der Waals surface area (Å²) in [5.41, 5.74) is 2.11. The van der Waals surface area contributed by atoms with Gasteiger partial charge < -0.3 is 14.0 Å². The average molecular weight is 293 g/mol. The summed E-state index contributed by atoms with van der Waals surface area (Å²) in [5.74, 6) is -1.00. The zero-order chi connectivity index (χ0) is 15.7. The molecule has 2 rings (SSSR count). The summed E-state index contributed by atoms with van der Waals surface area (Å²) in [4.78, 5) is 24.5. The van der Waals surface area contributed by atoms with Crippen molar-refractivity contribution in [3.8, 4) is 0 Å². The van der Waals surface area contributed by atoms with Crippen molar-refractivity contribution in [2.45, 2.75) is 65.7 Å². The summed E-state index contributed by atoms with van der Waals surface area (Å²) in [6.07, 6.45) is 2.24. The predicted molar refractivity (Wildman–Crippen MR) is 78.3 cm³/mol. The van der Waals surface area contributed by atoms with E-state index < -0.39 is 0 Å². The molecule has 1 aliphatic rings. The minimum atomic E-state index is -0.379. The van der Waals surface area contributed by atoms with E-state index in [1.54, 1.807) is 0 Å². The van der Waals surface area contributed by atoms with Crippen LogP contribution >= 0.6 is 0 Å². The Morgan fingerprint density at radius 3 is 2.38 bits per heavy atom. The lowest BCUT2D eigenvalue weighted by molar-refractivity contribution is -0.149. The standard InChI is InChI=1S/C16H23NO4/c1-9(2)20-15(18)12-6-7-17-8-11(5)13(14(12)17)16(19)21-10(3)4/h8-10,12H,6-7H2,1-5H3. The number of hydrogen-bond acceptors (Lipinski definition) is 4. The third-order valence-corrected chi connectivity index (χ3v) is 3.48. The Balaban J connectivity index is 2.34. The van der Waals surface area contributed by atoms with Gasteiger partial charge in [0.1, 0.15) is 0 Å². The van der Waals surface area contributed by atoms with Crippen LogP contribution < -0.4 is 0 Å². The number of aryl methyl sites for hydroxylation is 2. The Morgan fingerprint density at radius 1 is 1.19 bits per heavy atom. The largest absolute Gasteiger partial charge is 0.462 e. The van der Waals surface area contributed by atoms with Crippen LogP contribution in [0.2, 0.25) is 0 Å². The van der Waals surface area contributed by atoms with E-state index in [0.29, 0.717) is 12.0 Å². The second kappa shape index (κ2) is 5.92. The Kier molecular flexibility index (Phi) is 4.40. The van der Waals surface area contributed by atoms with Gasteiger partial charge in [0, 0.05) is 18.4 Å². The molecule has 21 heavy (non-hydrogen) atoms. The molecule has 0 aromatic carbocycles. The summed E-state index contributed by atoms with van der Waals surface area (Å²) in [5, 5.41) is 0. The number of aromatic nitrogens is 1. The second-order valence-corrected chi connectivity index (χ2v) is 6.05. The fraction of sp³-hybridized carbons (Fsp3) is 0.625. The molecule has 5 nitrogen and oxygen atoms in total. The molecular weight excluding hydrogens is 270 g/mol. The van der Waals surface area contributed by atoms with Crippen LogP contribution in [0.1, 0.15) is 61.6 Å². The number of carbonyl (C=O) groups is 2. The first-order valence-electron chi connectivity index (χ1n) is 7.42. The molecule has 0 fully saturated rings. The minimum Gasteiger partial charge on any atom is -0.462 e. The van der Waals surface area contributed by atoms with E-state index in [4.69, 9.17) is 9.47 Å². The van der Waals surface area contributed by atoms with Crippen LogP contribution in [0.3, 0.4) is 0 Å². The van der Waals surface area contributed by atoms with Gasteiger partial charge in [0.2, 0.25) is 0 Å². The molecule has 5 heteroatoms. The van der Waals surface area contributed by atoms with Gasteiger partial charge in [0.25, 0.3) is 0 Å². The highest BCUT2D eigenvalue weighted by Crippen LogP contribution is 2.35. The molecule has 0 spiro atoms. The van der Waals surface area contributed by atoms with Gasteiger partial charge in [-0.3, -0.25) is 4.79 Å². The molecule has 0 saturated carbocycles. The van der Waals surface area contributed by atoms with Gasteiger partial charge in [0.05, 0.1) is 23.7 Å². The van der Waals surface area contributed by atoms with Crippen LogP contribution in [-0.2, 0) is 20.8 Å². The number of esters is 2. The maximum Gasteiger partial charge on any atom is 0.340 e. The van der Waals surface area contributed by atoms with Crippen molar-refractivity contribution in [2.75, 3.05) is 0 Å². The predicted octanol–water partition coefficient (Wildman–Crippen LogP) is 2.80. The smallest absolute Gasteiger partial charge is 0.340 e. The highest BCUT2D eigenvalue weighted by molar-refractivity contribution is 5.95. The van der Waals surface area contributed by atoms with E-state index in [0.717, 1.165) is 17.8 Å². The maximum atomic E-state index is 12.3. The first kappa shape index (κ1) is 15.6. The second-order valence-electron chi connectivity index (χ2n) is 6.05. The summed E-state index contributed by atoms with van der Waals surface area (Å²) >= 11 is 0.